The largest absolute Gasteiger partial charge is 0.329 e. The van der Waals surface area contributed by atoms with Crippen LogP contribution in [0.4, 0.5) is 15.8 Å². The standard InChI is InChI=1S/C13H11ClFN3S/c14-9-5-7-10(8-6-9)17-18-13(19)16-12-4-2-1-3-11(12)15/h1-8,17H,(H2,16,18,19). The van der Waals surface area contributed by atoms with Crippen molar-refractivity contribution in [1.29, 1.82) is 0 Å². The van der Waals surface area contributed by atoms with Gasteiger partial charge in [-0.15, -0.1) is 0 Å². The Bertz CT molecular complexity index is 574. The minimum atomic E-state index is -0.363. The highest BCUT2D eigenvalue weighted by Crippen LogP contribution is 2.13. The van der Waals surface area contributed by atoms with Gasteiger partial charge in [-0.2, -0.15) is 0 Å². The lowest BCUT2D eigenvalue weighted by molar-refractivity contribution is 0.632. The van der Waals surface area contributed by atoms with Gasteiger partial charge >= 0.3 is 0 Å². The van der Waals surface area contributed by atoms with E-state index in [1.165, 1.54) is 6.07 Å². The second-order valence-corrected chi connectivity index (χ2v) is 4.54. The smallest absolute Gasteiger partial charge is 0.189 e. The van der Waals surface area contributed by atoms with Gasteiger partial charge < -0.3 is 5.32 Å². The number of rotatable bonds is 3. The fraction of sp³-hybridized carbons (Fsp3) is 0. The van der Waals surface area contributed by atoms with E-state index in [4.69, 9.17) is 23.8 Å². The van der Waals surface area contributed by atoms with E-state index in [1.54, 1.807) is 42.5 Å². The summed E-state index contributed by atoms with van der Waals surface area (Å²) in [6.45, 7) is 0. The minimum Gasteiger partial charge on any atom is -0.329 e. The second-order valence-electron chi connectivity index (χ2n) is 3.69. The van der Waals surface area contributed by atoms with Crippen molar-refractivity contribution < 1.29 is 4.39 Å². The Balaban J connectivity index is 1.88. The first-order chi connectivity index (χ1) is 9.15. The lowest BCUT2D eigenvalue weighted by Gasteiger charge is -2.12. The van der Waals surface area contributed by atoms with Crippen molar-refractivity contribution in [3.8, 4) is 0 Å². The predicted octanol–water partition coefficient (Wildman–Crippen LogP) is 3.79. The molecule has 0 aliphatic rings. The number of benzene rings is 2. The zero-order valence-electron chi connectivity index (χ0n) is 9.78. The van der Waals surface area contributed by atoms with Crippen LogP contribution < -0.4 is 16.2 Å². The van der Waals surface area contributed by atoms with Gasteiger partial charge in [-0.25, -0.2) is 4.39 Å². The summed E-state index contributed by atoms with van der Waals surface area (Å²) in [5.41, 5.74) is 6.74. The average molecular weight is 296 g/mol. The van der Waals surface area contributed by atoms with Crippen molar-refractivity contribution in [1.82, 2.24) is 5.43 Å². The Morgan fingerprint density at radius 2 is 1.74 bits per heavy atom. The van der Waals surface area contributed by atoms with Crippen molar-refractivity contribution in [3.63, 3.8) is 0 Å². The molecule has 0 aliphatic heterocycles. The Hall–Kier alpha value is -1.85. The monoisotopic (exact) mass is 295 g/mol. The molecule has 0 aromatic heterocycles. The van der Waals surface area contributed by atoms with E-state index in [-0.39, 0.29) is 10.9 Å². The fourth-order valence-corrected chi connectivity index (χ4v) is 1.67. The quantitative estimate of drug-likeness (QED) is 0.595. The molecule has 98 valence electrons. The van der Waals surface area contributed by atoms with Gasteiger partial charge in [-0.3, -0.25) is 10.9 Å². The first-order valence-corrected chi connectivity index (χ1v) is 6.27. The summed E-state index contributed by atoms with van der Waals surface area (Å²) in [6.07, 6.45) is 0. The van der Waals surface area contributed by atoms with Crippen LogP contribution in [-0.4, -0.2) is 5.11 Å². The molecular formula is C13H11ClFN3S. The number of thiocarbonyl (C=S) groups is 1. The van der Waals surface area contributed by atoms with Gasteiger partial charge in [0.2, 0.25) is 0 Å². The molecule has 0 fully saturated rings. The summed E-state index contributed by atoms with van der Waals surface area (Å²) >= 11 is 10.8. The number of hydrogen-bond acceptors (Lipinski definition) is 2. The third-order valence-electron chi connectivity index (χ3n) is 2.29. The lowest BCUT2D eigenvalue weighted by atomic mass is 10.3. The molecule has 2 aromatic rings. The number of anilines is 2. The summed E-state index contributed by atoms with van der Waals surface area (Å²) in [5.74, 6) is -0.363. The molecule has 0 bridgehead atoms. The Morgan fingerprint density at radius 1 is 1.05 bits per heavy atom. The highest BCUT2D eigenvalue weighted by Gasteiger charge is 2.02. The molecule has 0 amide bonds. The van der Waals surface area contributed by atoms with E-state index in [0.29, 0.717) is 10.7 Å². The average Bonchev–Trinajstić information content (AvgIpc) is 2.41. The molecule has 0 saturated heterocycles. The summed E-state index contributed by atoms with van der Waals surface area (Å²) in [7, 11) is 0. The number of para-hydroxylation sites is 1. The maximum atomic E-state index is 13.4. The third kappa shape index (κ3) is 4.08. The van der Waals surface area contributed by atoms with E-state index in [2.05, 4.69) is 16.2 Å². The van der Waals surface area contributed by atoms with E-state index in [1.807, 2.05) is 0 Å². The number of nitrogens with one attached hydrogen (secondary N) is 3. The van der Waals surface area contributed by atoms with Crippen LogP contribution in [0.15, 0.2) is 48.5 Å². The van der Waals surface area contributed by atoms with Crippen molar-refractivity contribution in [2.75, 3.05) is 10.7 Å². The lowest BCUT2D eigenvalue weighted by Crippen LogP contribution is -2.33. The van der Waals surface area contributed by atoms with Crippen molar-refractivity contribution in [2.45, 2.75) is 0 Å². The van der Waals surface area contributed by atoms with Crippen LogP contribution in [-0.2, 0) is 0 Å². The molecule has 0 heterocycles. The third-order valence-corrected chi connectivity index (χ3v) is 2.74. The summed E-state index contributed by atoms with van der Waals surface area (Å²) in [5, 5.41) is 3.66. The van der Waals surface area contributed by atoms with Gasteiger partial charge in [-0.1, -0.05) is 23.7 Å². The number of halogens is 2. The van der Waals surface area contributed by atoms with Gasteiger partial charge in [0.15, 0.2) is 5.11 Å². The van der Waals surface area contributed by atoms with E-state index in [9.17, 15) is 4.39 Å². The zero-order chi connectivity index (χ0) is 13.7. The second kappa shape index (κ2) is 6.36. The van der Waals surface area contributed by atoms with Crippen molar-refractivity contribution in [2.24, 2.45) is 0 Å². The molecule has 0 spiro atoms. The maximum Gasteiger partial charge on any atom is 0.189 e. The molecule has 0 atom stereocenters. The fourth-order valence-electron chi connectivity index (χ4n) is 1.38. The molecule has 19 heavy (non-hydrogen) atoms. The molecule has 3 nitrogen and oxygen atoms in total. The molecule has 2 rings (SSSR count). The van der Waals surface area contributed by atoms with Crippen LogP contribution in [0, 0.1) is 5.82 Å². The van der Waals surface area contributed by atoms with Crippen LogP contribution in [0.3, 0.4) is 0 Å². The number of hydrogen-bond donors (Lipinski definition) is 3. The van der Waals surface area contributed by atoms with E-state index in [0.717, 1.165) is 5.69 Å². The van der Waals surface area contributed by atoms with Gasteiger partial charge in [0.25, 0.3) is 0 Å². The topological polar surface area (TPSA) is 36.1 Å². The zero-order valence-corrected chi connectivity index (χ0v) is 11.4. The Morgan fingerprint density at radius 3 is 2.42 bits per heavy atom. The van der Waals surface area contributed by atoms with Gasteiger partial charge in [0, 0.05) is 5.02 Å². The Labute approximate surface area is 120 Å². The number of hydrazine groups is 1. The molecular weight excluding hydrogens is 285 g/mol. The SMILES string of the molecule is Fc1ccccc1NC(=S)NNc1ccc(Cl)cc1. The van der Waals surface area contributed by atoms with Crippen LogP contribution >= 0.6 is 23.8 Å². The van der Waals surface area contributed by atoms with E-state index >= 15 is 0 Å². The molecule has 3 N–H and O–H groups in total. The molecule has 6 heteroatoms. The van der Waals surface area contributed by atoms with Crippen LogP contribution in [0.2, 0.25) is 5.02 Å². The minimum absolute atomic E-state index is 0.264. The van der Waals surface area contributed by atoms with Crippen molar-refractivity contribution >= 4 is 40.3 Å². The molecule has 0 unspecified atom stereocenters. The predicted molar refractivity (Wildman–Crippen MR) is 80.8 cm³/mol. The summed E-state index contributed by atoms with van der Waals surface area (Å²) in [4.78, 5) is 0. The first kappa shape index (κ1) is 13.6. The van der Waals surface area contributed by atoms with Crippen LogP contribution in [0.25, 0.3) is 0 Å². The summed E-state index contributed by atoms with van der Waals surface area (Å²) < 4.78 is 13.4. The van der Waals surface area contributed by atoms with Crippen molar-refractivity contribution in [3.05, 3.63) is 59.4 Å². The molecule has 0 saturated carbocycles. The highest BCUT2D eigenvalue weighted by atomic mass is 35.5. The molecule has 2 aromatic carbocycles. The van der Waals surface area contributed by atoms with Gasteiger partial charge in [0.1, 0.15) is 5.82 Å². The molecule has 0 radical (unpaired) electrons. The highest BCUT2D eigenvalue weighted by molar-refractivity contribution is 7.80. The summed E-state index contributed by atoms with van der Waals surface area (Å²) in [6, 6.07) is 13.4. The normalized spacial score (nSPS) is 9.79. The van der Waals surface area contributed by atoms with Crippen LogP contribution in [0.5, 0.6) is 0 Å². The van der Waals surface area contributed by atoms with Gasteiger partial charge in [-0.05, 0) is 48.6 Å². The van der Waals surface area contributed by atoms with E-state index < -0.39 is 0 Å². The van der Waals surface area contributed by atoms with Gasteiger partial charge in [0.05, 0.1) is 11.4 Å². The first-order valence-electron chi connectivity index (χ1n) is 5.48. The Kier molecular flexibility index (Phi) is 4.54. The van der Waals surface area contributed by atoms with Crippen LogP contribution in [0.1, 0.15) is 0 Å². The maximum absolute atomic E-state index is 13.4. The molecule has 0 aliphatic carbocycles.